The number of nitrogens with zero attached hydrogens (tertiary/aromatic N) is 6. The Kier molecular flexibility index (Phi) is 5.77. The molecule has 2 fully saturated rings. The van der Waals surface area contributed by atoms with Crippen LogP contribution in [0.15, 0.2) is 18.6 Å². The van der Waals surface area contributed by atoms with Crippen LogP contribution in [0.1, 0.15) is 13.3 Å². The molecule has 2 saturated heterocycles. The quantitative estimate of drug-likeness (QED) is 0.752. The van der Waals surface area contributed by atoms with Gasteiger partial charge in [0.1, 0.15) is 11.0 Å². The summed E-state index contributed by atoms with van der Waals surface area (Å²) in [6, 6.07) is 0.1000. The molecule has 9 heteroatoms. The number of aromatic nitrogens is 3. The molecule has 0 aliphatic carbocycles. The number of anilines is 2. The summed E-state index contributed by atoms with van der Waals surface area (Å²) in [4.78, 5) is 32.5. The minimum Gasteiger partial charge on any atom is -0.382 e. The number of hydrogen-bond acceptors (Lipinski definition) is 8. The fraction of sp³-hybridized carbons (Fsp3) is 0.600. The third-order valence-corrected chi connectivity index (χ3v) is 5.84. The first-order valence-electron chi connectivity index (χ1n) is 10.3. The van der Waals surface area contributed by atoms with Gasteiger partial charge >= 0.3 is 0 Å². The van der Waals surface area contributed by atoms with E-state index in [9.17, 15) is 4.79 Å². The number of hydrogen-bond donors (Lipinski definition) is 2. The van der Waals surface area contributed by atoms with E-state index in [1.165, 1.54) is 0 Å². The van der Waals surface area contributed by atoms with Crippen LogP contribution in [0, 0.1) is 5.92 Å². The molecule has 0 unspecified atom stereocenters. The second-order valence-corrected chi connectivity index (χ2v) is 8.37. The van der Waals surface area contributed by atoms with E-state index in [1.54, 1.807) is 18.6 Å². The monoisotopic (exact) mass is 398 g/mol. The van der Waals surface area contributed by atoms with Gasteiger partial charge in [0, 0.05) is 57.7 Å². The van der Waals surface area contributed by atoms with Crippen molar-refractivity contribution in [1.82, 2.24) is 30.1 Å². The summed E-state index contributed by atoms with van der Waals surface area (Å²) in [5, 5.41) is 3.25. The van der Waals surface area contributed by atoms with Crippen LogP contribution in [0.25, 0.3) is 11.0 Å². The zero-order valence-corrected chi connectivity index (χ0v) is 17.2. The lowest BCUT2D eigenvalue weighted by Crippen LogP contribution is -2.54. The topological polar surface area (TPSA) is 104 Å². The first-order valence-corrected chi connectivity index (χ1v) is 10.3. The lowest BCUT2D eigenvalue weighted by atomic mass is 9.95. The van der Waals surface area contributed by atoms with Crippen molar-refractivity contribution in [2.24, 2.45) is 5.92 Å². The average Bonchev–Trinajstić information content (AvgIpc) is 2.70. The molecule has 3 N–H and O–H groups in total. The number of pyridine rings is 1. The summed E-state index contributed by atoms with van der Waals surface area (Å²) < 4.78 is 0. The van der Waals surface area contributed by atoms with Crippen LogP contribution in [0.3, 0.4) is 0 Å². The van der Waals surface area contributed by atoms with Gasteiger partial charge in [-0.15, -0.1) is 0 Å². The van der Waals surface area contributed by atoms with Gasteiger partial charge in [0.15, 0.2) is 5.82 Å². The number of carbonyl (C=O) groups is 1. The minimum absolute atomic E-state index is 0.1000. The molecule has 4 heterocycles. The van der Waals surface area contributed by atoms with Crippen molar-refractivity contribution in [2.75, 3.05) is 63.5 Å². The molecule has 156 valence electrons. The van der Waals surface area contributed by atoms with Gasteiger partial charge in [-0.25, -0.2) is 9.97 Å². The van der Waals surface area contributed by atoms with Crippen LogP contribution in [0.5, 0.6) is 0 Å². The van der Waals surface area contributed by atoms with Gasteiger partial charge in [0.25, 0.3) is 0 Å². The predicted octanol–water partition coefficient (Wildman–Crippen LogP) is 0.185. The summed E-state index contributed by atoms with van der Waals surface area (Å²) in [7, 11) is 2.12. The molecule has 2 aliphatic heterocycles. The van der Waals surface area contributed by atoms with E-state index in [2.05, 4.69) is 48.9 Å². The molecule has 0 bridgehead atoms. The van der Waals surface area contributed by atoms with Crippen molar-refractivity contribution < 1.29 is 4.79 Å². The Morgan fingerprint density at radius 3 is 2.62 bits per heavy atom. The van der Waals surface area contributed by atoms with Gasteiger partial charge in [0.2, 0.25) is 5.91 Å². The zero-order valence-electron chi connectivity index (χ0n) is 17.2. The largest absolute Gasteiger partial charge is 0.382 e. The minimum atomic E-state index is 0.1000. The van der Waals surface area contributed by atoms with E-state index in [0.717, 1.165) is 56.9 Å². The number of piperazine rings is 1. The van der Waals surface area contributed by atoms with E-state index < -0.39 is 0 Å². The van der Waals surface area contributed by atoms with Crippen molar-refractivity contribution in [1.29, 1.82) is 0 Å². The first-order chi connectivity index (χ1) is 14.0. The molecule has 0 spiro atoms. The van der Waals surface area contributed by atoms with E-state index in [0.29, 0.717) is 23.8 Å². The molecule has 29 heavy (non-hydrogen) atoms. The van der Waals surface area contributed by atoms with Crippen LogP contribution in [0.4, 0.5) is 11.5 Å². The van der Waals surface area contributed by atoms with Crippen LogP contribution in [-0.2, 0) is 4.79 Å². The molecule has 2 atom stereocenters. The van der Waals surface area contributed by atoms with Crippen LogP contribution in [0.2, 0.25) is 0 Å². The number of nitrogen functional groups attached to an aromatic ring is 1. The number of carbonyl (C=O) groups excluding carboxylic acids is 1. The van der Waals surface area contributed by atoms with Gasteiger partial charge in [-0.05, 0) is 19.4 Å². The highest BCUT2D eigenvalue weighted by Gasteiger charge is 2.28. The maximum absolute atomic E-state index is 12.6. The lowest BCUT2D eigenvalue weighted by molar-refractivity contribution is -0.123. The Morgan fingerprint density at radius 1 is 1.14 bits per heavy atom. The summed E-state index contributed by atoms with van der Waals surface area (Å²) in [5.74, 6) is 0.939. The Balaban J connectivity index is 1.43. The fourth-order valence-electron chi connectivity index (χ4n) is 4.33. The summed E-state index contributed by atoms with van der Waals surface area (Å²) >= 11 is 0. The highest BCUT2D eigenvalue weighted by Crippen LogP contribution is 2.29. The number of nitrogens with two attached hydrogens (primary N) is 1. The van der Waals surface area contributed by atoms with E-state index in [1.807, 2.05) is 0 Å². The first kappa shape index (κ1) is 19.8. The zero-order chi connectivity index (χ0) is 20.4. The van der Waals surface area contributed by atoms with Crippen LogP contribution >= 0.6 is 0 Å². The number of piperidine rings is 1. The van der Waals surface area contributed by atoms with Crippen molar-refractivity contribution in [3.05, 3.63) is 18.6 Å². The van der Waals surface area contributed by atoms with Gasteiger partial charge in [-0.3, -0.25) is 14.7 Å². The fourth-order valence-corrected chi connectivity index (χ4v) is 4.33. The SMILES string of the molecule is C[C@H]1C[C@@H](NC(=O)CN2CCN(C)CC2)CN(c2cnc(N)c3nccnc23)C1. The normalized spacial score (nSPS) is 24.0. The van der Waals surface area contributed by atoms with Gasteiger partial charge < -0.3 is 20.9 Å². The summed E-state index contributed by atoms with van der Waals surface area (Å²) in [5.41, 5.74) is 8.28. The van der Waals surface area contributed by atoms with Crippen LogP contribution < -0.4 is 16.0 Å². The third kappa shape index (κ3) is 4.56. The molecule has 2 aliphatic rings. The average molecular weight is 399 g/mol. The Hall–Kier alpha value is -2.52. The van der Waals surface area contributed by atoms with Crippen molar-refractivity contribution >= 4 is 28.4 Å². The molecule has 4 rings (SSSR count). The molecule has 2 aromatic heterocycles. The van der Waals surface area contributed by atoms with Crippen LogP contribution in [-0.4, -0.2) is 89.6 Å². The molecular weight excluding hydrogens is 368 g/mol. The smallest absolute Gasteiger partial charge is 0.234 e. The van der Waals surface area contributed by atoms with Gasteiger partial charge in [0.05, 0.1) is 18.4 Å². The third-order valence-electron chi connectivity index (χ3n) is 5.84. The molecule has 9 nitrogen and oxygen atoms in total. The van der Waals surface area contributed by atoms with Gasteiger partial charge in [-0.2, -0.15) is 0 Å². The van der Waals surface area contributed by atoms with Crippen molar-refractivity contribution in [2.45, 2.75) is 19.4 Å². The molecular formula is C20H30N8O. The van der Waals surface area contributed by atoms with Crippen molar-refractivity contribution in [3.63, 3.8) is 0 Å². The molecule has 1 amide bonds. The standard InChI is InChI=1S/C20H30N8O/c1-14-9-15(25-17(29)13-27-7-5-26(2)6-8-27)12-28(11-14)16-10-24-20(21)19-18(16)22-3-4-23-19/h3-4,10,14-15H,5-9,11-13H2,1-2H3,(H2,21,24)(H,25,29)/t14-,15+/m0/s1. The molecule has 0 radical (unpaired) electrons. The predicted molar refractivity (Wildman–Crippen MR) is 114 cm³/mol. The maximum atomic E-state index is 12.6. The van der Waals surface area contributed by atoms with Gasteiger partial charge in [-0.1, -0.05) is 6.92 Å². The molecule has 0 saturated carbocycles. The second kappa shape index (κ2) is 8.46. The highest BCUT2D eigenvalue weighted by atomic mass is 16.2. The Labute approximate surface area is 171 Å². The number of amides is 1. The second-order valence-electron chi connectivity index (χ2n) is 8.37. The highest BCUT2D eigenvalue weighted by molar-refractivity contribution is 5.93. The molecule has 0 aromatic carbocycles. The van der Waals surface area contributed by atoms with Crippen molar-refractivity contribution in [3.8, 4) is 0 Å². The van der Waals surface area contributed by atoms with E-state index >= 15 is 0 Å². The van der Waals surface area contributed by atoms with E-state index in [-0.39, 0.29) is 11.9 Å². The summed E-state index contributed by atoms with van der Waals surface area (Å²) in [6.07, 6.45) is 6.04. The lowest BCUT2D eigenvalue weighted by Gasteiger charge is -2.38. The Morgan fingerprint density at radius 2 is 1.86 bits per heavy atom. The maximum Gasteiger partial charge on any atom is 0.234 e. The number of rotatable bonds is 4. The summed E-state index contributed by atoms with van der Waals surface area (Å²) in [6.45, 7) is 8.22. The van der Waals surface area contributed by atoms with E-state index in [4.69, 9.17) is 5.73 Å². The molecule has 2 aromatic rings. The number of nitrogens with one attached hydrogen (secondary N) is 1. The number of likely N-dealkylation sites (N-methyl/N-ethyl adjacent to an activating group) is 1. The number of fused-ring (bicyclic) bond motifs is 1. The Bertz CT molecular complexity index is 867.